The maximum Gasteiger partial charge on any atom is 0.254 e. The summed E-state index contributed by atoms with van der Waals surface area (Å²) in [5.74, 6) is 0.218. The summed E-state index contributed by atoms with van der Waals surface area (Å²) in [5.41, 5.74) is 4.95. The molecule has 1 saturated heterocycles. The Hall–Kier alpha value is -3.29. The maximum atomic E-state index is 13.4. The molecule has 3 heterocycles. The summed E-state index contributed by atoms with van der Waals surface area (Å²) in [6, 6.07) is 7.94. The van der Waals surface area contributed by atoms with Crippen LogP contribution in [0.25, 0.3) is 10.9 Å². The van der Waals surface area contributed by atoms with Crippen LogP contribution in [0, 0.1) is 32.1 Å². The van der Waals surface area contributed by atoms with Crippen LogP contribution < -0.4 is 0 Å². The van der Waals surface area contributed by atoms with Gasteiger partial charge in [-0.15, -0.1) is 0 Å². The number of carbonyl (C=O) groups is 2. The Morgan fingerprint density at radius 3 is 2.61 bits per heavy atom. The maximum absolute atomic E-state index is 13.4. The summed E-state index contributed by atoms with van der Waals surface area (Å²) >= 11 is 0. The van der Waals surface area contributed by atoms with Gasteiger partial charge in [-0.25, -0.2) is 4.63 Å². The summed E-state index contributed by atoms with van der Waals surface area (Å²) in [5, 5.41) is 8.58. The minimum Gasteiger partial charge on any atom is -0.339 e. The van der Waals surface area contributed by atoms with E-state index in [2.05, 4.69) is 15.3 Å². The molecule has 1 saturated carbocycles. The molecule has 1 spiro atoms. The van der Waals surface area contributed by atoms with E-state index in [4.69, 9.17) is 4.63 Å². The highest BCUT2D eigenvalue weighted by atomic mass is 16.6. The molecule has 2 aliphatic rings. The second kappa shape index (κ2) is 7.93. The van der Waals surface area contributed by atoms with Crippen molar-refractivity contribution in [3.8, 4) is 0 Å². The van der Waals surface area contributed by atoms with Gasteiger partial charge in [0.1, 0.15) is 11.4 Å². The quantitative estimate of drug-likeness (QED) is 0.608. The van der Waals surface area contributed by atoms with E-state index in [9.17, 15) is 9.59 Å². The van der Waals surface area contributed by atoms with Gasteiger partial charge in [0.05, 0.1) is 17.6 Å². The van der Waals surface area contributed by atoms with Gasteiger partial charge in [-0.2, -0.15) is 0 Å². The van der Waals surface area contributed by atoms with Gasteiger partial charge in [0.15, 0.2) is 0 Å². The fourth-order valence-electron chi connectivity index (χ4n) is 5.19. The lowest BCUT2D eigenvalue weighted by atomic mass is 9.90. The third kappa shape index (κ3) is 3.87. The number of rotatable bonds is 4. The molecule has 172 valence electrons. The molecule has 0 bridgehead atoms. The molecule has 1 aromatic carbocycles. The molecule has 1 aliphatic heterocycles. The molecule has 0 radical (unpaired) electrons. The average Bonchev–Trinajstić information content (AvgIpc) is 3.34. The van der Waals surface area contributed by atoms with Crippen LogP contribution in [0.5, 0.6) is 0 Å². The van der Waals surface area contributed by atoms with Crippen LogP contribution in [0.3, 0.4) is 0 Å². The van der Waals surface area contributed by atoms with Crippen LogP contribution in [0.15, 0.2) is 28.9 Å². The van der Waals surface area contributed by atoms with Crippen LogP contribution in [0.2, 0.25) is 0 Å². The van der Waals surface area contributed by atoms with Crippen molar-refractivity contribution in [1.29, 1.82) is 0 Å². The summed E-state index contributed by atoms with van der Waals surface area (Å²) < 4.78 is 4.74. The Balaban J connectivity index is 1.25. The molecular weight excluding hydrogens is 418 g/mol. The van der Waals surface area contributed by atoms with Crippen molar-refractivity contribution in [1.82, 2.24) is 25.1 Å². The average molecular weight is 448 g/mol. The van der Waals surface area contributed by atoms with Crippen LogP contribution in [0.1, 0.15) is 52.3 Å². The molecule has 2 amide bonds. The van der Waals surface area contributed by atoms with Crippen molar-refractivity contribution in [2.45, 2.75) is 46.6 Å². The van der Waals surface area contributed by atoms with E-state index in [1.807, 2.05) is 49.9 Å². The summed E-state index contributed by atoms with van der Waals surface area (Å²) in [6.07, 6.45) is 2.61. The van der Waals surface area contributed by atoms with E-state index in [0.29, 0.717) is 31.0 Å². The van der Waals surface area contributed by atoms with Gasteiger partial charge in [0.25, 0.3) is 5.91 Å². The third-order valence-corrected chi connectivity index (χ3v) is 7.37. The first kappa shape index (κ1) is 21.6. The lowest BCUT2D eigenvalue weighted by Crippen LogP contribution is -2.41. The highest BCUT2D eigenvalue weighted by molar-refractivity contribution is 6.06. The van der Waals surface area contributed by atoms with Gasteiger partial charge in [-0.05, 0) is 63.6 Å². The van der Waals surface area contributed by atoms with Gasteiger partial charge >= 0.3 is 0 Å². The number of carbonyl (C=O) groups excluding carboxylic acids is 2. The lowest BCUT2D eigenvalue weighted by Gasteiger charge is -2.33. The van der Waals surface area contributed by atoms with Crippen LogP contribution in [-0.4, -0.2) is 57.0 Å². The first-order chi connectivity index (χ1) is 15.8. The van der Waals surface area contributed by atoms with Gasteiger partial charge in [0.2, 0.25) is 5.91 Å². The van der Waals surface area contributed by atoms with Crippen molar-refractivity contribution in [3.63, 3.8) is 0 Å². The lowest BCUT2D eigenvalue weighted by molar-refractivity contribution is -0.133. The zero-order valence-electron chi connectivity index (χ0n) is 19.6. The number of amides is 2. The first-order valence-corrected chi connectivity index (χ1v) is 11.5. The zero-order chi connectivity index (χ0) is 23.3. The molecule has 8 heteroatoms. The molecule has 0 N–H and O–H groups in total. The number of benzene rings is 1. The van der Waals surface area contributed by atoms with Crippen molar-refractivity contribution in [3.05, 3.63) is 52.5 Å². The second-order valence-corrected chi connectivity index (χ2v) is 9.73. The minimum absolute atomic E-state index is 0.0199. The van der Waals surface area contributed by atoms with Crippen molar-refractivity contribution in [2.75, 3.05) is 20.1 Å². The van der Waals surface area contributed by atoms with E-state index >= 15 is 0 Å². The standard InChI is InChI=1S/C25H29N5O3/c1-15-5-6-21-18(11-15)19(12-16(2)26-21)23(31)30-9-7-25(8-10-30)13-20(25)24(32)29(4)14-22-17(3)27-33-28-22/h5-6,11-12,20H,7-10,13-14H2,1-4H3/t20-/m0/s1. The Labute approximate surface area is 192 Å². The number of nitrogens with zero attached hydrogens (tertiary/aromatic N) is 5. The van der Waals surface area contributed by atoms with Crippen molar-refractivity contribution >= 4 is 22.7 Å². The second-order valence-electron chi connectivity index (χ2n) is 9.73. The smallest absolute Gasteiger partial charge is 0.254 e. The SMILES string of the molecule is Cc1ccc2nc(C)cc(C(=O)N3CCC4(CC3)C[C@H]4C(=O)N(C)Cc3nonc3C)c2c1. The summed E-state index contributed by atoms with van der Waals surface area (Å²) in [4.78, 5) is 34.7. The fraction of sp³-hybridized carbons (Fsp3) is 0.480. The number of hydrogen-bond acceptors (Lipinski definition) is 6. The number of piperidine rings is 1. The molecule has 5 rings (SSSR count). The van der Waals surface area contributed by atoms with E-state index in [-0.39, 0.29) is 23.1 Å². The number of hydrogen-bond donors (Lipinski definition) is 0. The fourth-order valence-corrected chi connectivity index (χ4v) is 5.19. The highest BCUT2D eigenvalue weighted by Crippen LogP contribution is 2.60. The van der Waals surface area contributed by atoms with Gasteiger partial charge in [-0.3, -0.25) is 14.6 Å². The minimum atomic E-state index is 0.0199. The molecular formula is C25H29N5O3. The van der Waals surface area contributed by atoms with Crippen LogP contribution in [-0.2, 0) is 11.3 Å². The number of aryl methyl sites for hydroxylation is 3. The molecule has 2 fully saturated rings. The first-order valence-electron chi connectivity index (χ1n) is 11.5. The highest BCUT2D eigenvalue weighted by Gasteiger charge is 2.59. The number of pyridine rings is 1. The van der Waals surface area contributed by atoms with Crippen LogP contribution in [0.4, 0.5) is 0 Å². The monoisotopic (exact) mass is 447 g/mol. The molecule has 3 aromatic rings. The topological polar surface area (TPSA) is 92.4 Å². The molecule has 1 atom stereocenters. The Kier molecular flexibility index (Phi) is 5.18. The Morgan fingerprint density at radius 1 is 1.15 bits per heavy atom. The van der Waals surface area contributed by atoms with E-state index in [1.54, 1.807) is 11.9 Å². The third-order valence-electron chi connectivity index (χ3n) is 7.37. The van der Waals surface area contributed by atoms with E-state index in [0.717, 1.165) is 47.0 Å². The molecule has 33 heavy (non-hydrogen) atoms. The van der Waals surface area contributed by atoms with Crippen molar-refractivity contribution < 1.29 is 14.2 Å². The summed E-state index contributed by atoms with van der Waals surface area (Å²) in [6.45, 7) is 7.53. The molecule has 1 aliphatic carbocycles. The Bertz CT molecular complexity index is 1240. The predicted molar refractivity (Wildman–Crippen MR) is 122 cm³/mol. The number of fused-ring (bicyclic) bond motifs is 1. The predicted octanol–water partition coefficient (Wildman–Crippen LogP) is 3.44. The normalized spacial score (nSPS) is 19.2. The van der Waals surface area contributed by atoms with Gasteiger partial charge in [-0.1, -0.05) is 21.9 Å². The van der Waals surface area contributed by atoms with Crippen LogP contribution >= 0.6 is 0 Å². The zero-order valence-corrected chi connectivity index (χ0v) is 19.6. The molecule has 2 aromatic heterocycles. The van der Waals surface area contributed by atoms with Gasteiger partial charge < -0.3 is 9.80 Å². The van der Waals surface area contributed by atoms with E-state index < -0.39 is 0 Å². The summed E-state index contributed by atoms with van der Waals surface area (Å²) in [7, 11) is 1.81. The molecule has 0 unspecified atom stereocenters. The van der Waals surface area contributed by atoms with E-state index in [1.165, 1.54) is 0 Å². The molecule has 8 nitrogen and oxygen atoms in total. The van der Waals surface area contributed by atoms with Crippen molar-refractivity contribution in [2.24, 2.45) is 11.3 Å². The number of likely N-dealkylation sites (tertiary alicyclic amines) is 1. The van der Waals surface area contributed by atoms with Gasteiger partial charge in [0, 0.05) is 37.1 Å². The Morgan fingerprint density at radius 2 is 1.91 bits per heavy atom. The largest absolute Gasteiger partial charge is 0.339 e. The number of aromatic nitrogens is 3.